The van der Waals surface area contributed by atoms with E-state index < -0.39 is 0 Å². The van der Waals surface area contributed by atoms with Crippen LogP contribution in [0, 0.1) is 22.8 Å². The van der Waals surface area contributed by atoms with E-state index in [1.807, 2.05) is 0 Å². The van der Waals surface area contributed by atoms with Gasteiger partial charge < -0.3 is 5.11 Å². The van der Waals surface area contributed by atoms with Gasteiger partial charge in [-0.3, -0.25) is 0 Å². The lowest BCUT2D eigenvalue weighted by molar-refractivity contribution is 0.475. The quantitative estimate of drug-likeness (QED) is 0.587. The Labute approximate surface area is 92.1 Å². The molecule has 2 nitrogen and oxygen atoms in total. The Morgan fingerprint density at radius 2 is 1.50 bits per heavy atom. The third kappa shape index (κ3) is 2.78. The Balaban J connectivity index is 3.01. The number of anilines is 1. The molecule has 1 rings (SSSR count). The SMILES string of the molecule is Oc1ccc(N(C#CCl)C#CCl)cc1. The van der Waals surface area contributed by atoms with E-state index in [1.54, 1.807) is 12.1 Å². The van der Waals surface area contributed by atoms with Crippen molar-refractivity contribution in [1.29, 1.82) is 0 Å². The summed E-state index contributed by atoms with van der Waals surface area (Å²) in [5.74, 6) is 0.173. The molecule has 0 spiro atoms. The molecule has 0 amide bonds. The predicted octanol–water partition coefficient (Wildman–Crippen LogP) is 2.51. The molecule has 0 atom stereocenters. The fourth-order valence-electron chi connectivity index (χ4n) is 0.843. The van der Waals surface area contributed by atoms with Crippen molar-refractivity contribution in [3.63, 3.8) is 0 Å². The Bertz CT molecular complexity index is 399. The zero-order chi connectivity index (χ0) is 10.4. The molecule has 4 heteroatoms. The minimum absolute atomic E-state index is 0.173. The number of nitrogens with zero attached hydrogens (tertiary/aromatic N) is 1. The van der Waals surface area contributed by atoms with Crippen LogP contribution in [0.15, 0.2) is 24.3 Å². The first-order valence-electron chi connectivity index (χ1n) is 3.59. The molecule has 0 heterocycles. The monoisotopic (exact) mass is 225 g/mol. The summed E-state index contributed by atoms with van der Waals surface area (Å²) in [5.41, 5.74) is 0.684. The molecule has 14 heavy (non-hydrogen) atoms. The molecular weight excluding hydrogens is 221 g/mol. The number of benzene rings is 1. The molecule has 1 aromatic carbocycles. The van der Waals surface area contributed by atoms with E-state index in [0.717, 1.165) is 0 Å². The molecule has 0 saturated carbocycles. The van der Waals surface area contributed by atoms with Crippen molar-refractivity contribution >= 4 is 28.9 Å². The van der Waals surface area contributed by atoms with Crippen molar-refractivity contribution in [3.05, 3.63) is 24.3 Å². The summed E-state index contributed by atoms with van der Waals surface area (Å²) in [7, 11) is 0. The van der Waals surface area contributed by atoms with Gasteiger partial charge in [-0.05, 0) is 47.5 Å². The number of rotatable bonds is 1. The Kier molecular flexibility index (Phi) is 4.01. The Morgan fingerprint density at radius 1 is 1.00 bits per heavy atom. The average Bonchev–Trinajstić information content (AvgIpc) is 2.19. The van der Waals surface area contributed by atoms with Gasteiger partial charge in [0.05, 0.1) is 5.69 Å². The molecule has 70 valence electrons. The van der Waals surface area contributed by atoms with Crippen LogP contribution >= 0.6 is 23.2 Å². The lowest BCUT2D eigenvalue weighted by Gasteiger charge is -2.07. The standard InChI is InChI=1S/C10H5Cl2NO/c11-5-7-13(8-6-12)9-1-3-10(14)4-2-9/h1-4,14H. The summed E-state index contributed by atoms with van der Waals surface area (Å²) >= 11 is 10.5. The first kappa shape index (κ1) is 10.6. The van der Waals surface area contributed by atoms with Gasteiger partial charge in [0.15, 0.2) is 0 Å². The minimum atomic E-state index is 0.173. The highest BCUT2D eigenvalue weighted by molar-refractivity contribution is 6.31. The molecule has 0 aliphatic rings. The van der Waals surface area contributed by atoms with Crippen LogP contribution in [0.2, 0.25) is 0 Å². The molecular formula is C10H5Cl2NO. The summed E-state index contributed by atoms with van der Waals surface area (Å²) in [6.45, 7) is 0. The first-order valence-corrected chi connectivity index (χ1v) is 4.35. The lowest BCUT2D eigenvalue weighted by atomic mass is 10.3. The first-order chi connectivity index (χ1) is 6.77. The number of phenols is 1. The summed E-state index contributed by atoms with van der Waals surface area (Å²) < 4.78 is 0. The highest BCUT2D eigenvalue weighted by Gasteiger charge is 1.99. The van der Waals surface area contributed by atoms with Gasteiger partial charge in [0, 0.05) is 22.8 Å². The normalized spacial score (nSPS) is 7.86. The molecule has 0 fully saturated rings. The fourth-order valence-corrected chi connectivity index (χ4v) is 1.01. The number of hydrogen-bond acceptors (Lipinski definition) is 2. The van der Waals surface area contributed by atoms with Crippen molar-refractivity contribution in [2.75, 3.05) is 4.90 Å². The highest BCUT2D eigenvalue weighted by atomic mass is 35.5. The summed E-state index contributed by atoms with van der Waals surface area (Å²) in [6.07, 6.45) is 0. The fraction of sp³-hybridized carbons (Fsp3) is 0. The third-order valence-corrected chi connectivity index (χ3v) is 1.59. The van der Waals surface area contributed by atoms with Crippen LogP contribution in [0.1, 0.15) is 0 Å². The van der Waals surface area contributed by atoms with Gasteiger partial charge in [0.25, 0.3) is 0 Å². The molecule has 0 radical (unpaired) electrons. The molecule has 0 saturated heterocycles. The molecule has 0 aliphatic carbocycles. The second kappa shape index (κ2) is 5.29. The van der Waals surface area contributed by atoms with Gasteiger partial charge in [-0.1, -0.05) is 0 Å². The zero-order valence-corrected chi connectivity index (χ0v) is 8.47. The molecule has 0 unspecified atom stereocenters. The molecule has 0 aromatic heterocycles. The van der Waals surface area contributed by atoms with Crippen LogP contribution in [0.25, 0.3) is 0 Å². The van der Waals surface area contributed by atoms with E-state index >= 15 is 0 Å². The van der Waals surface area contributed by atoms with Crippen molar-refractivity contribution in [2.45, 2.75) is 0 Å². The molecule has 1 N–H and O–H groups in total. The van der Waals surface area contributed by atoms with Gasteiger partial charge >= 0.3 is 0 Å². The van der Waals surface area contributed by atoms with Crippen LogP contribution in [0.3, 0.4) is 0 Å². The molecule has 0 bridgehead atoms. The summed E-state index contributed by atoms with van der Waals surface area (Å²) in [5, 5.41) is 13.4. The maximum Gasteiger partial charge on any atom is 0.115 e. The van der Waals surface area contributed by atoms with E-state index in [9.17, 15) is 0 Å². The van der Waals surface area contributed by atoms with E-state index in [2.05, 4.69) is 22.8 Å². The summed E-state index contributed by atoms with van der Waals surface area (Å²) in [4.78, 5) is 1.36. The van der Waals surface area contributed by atoms with E-state index in [0.29, 0.717) is 5.69 Å². The van der Waals surface area contributed by atoms with Crippen LogP contribution in [0.4, 0.5) is 5.69 Å². The number of aromatic hydroxyl groups is 1. The number of phenolic OH excluding ortho intramolecular Hbond substituents is 1. The van der Waals surface area contributed by atoms with E-state index in [1.165, 1.54) is 17.0 Å². The van der Waals surface area contributed by atoms with Crippen molar-refractivity contribution in [1.82, 2.24) is 0 Å². The number of halogens is 2. The third-order valence-electron chi connectivity index (χ3n) is 1.42. The largest absolute Gasteiger partial charge is 0.508 e. The van der Waals surface area contributed by atoms with Gasteiger partial charge in [0.2, 0.25) is 0 Å². The summed E-state index contributed by atoms with van der Waals surface area (Å²) in [6, 6.07) is 11.4. The van der Waals surface area contributed by atoms with Crippen molar-refractivity contribution in [3.8, 4) is 28.6 Å². The lowest BCUT2D eigenvalue weighted by Crippen LogP contribution is -2.07. The van der Waals surface area contributed by atoms with Gasteiger partial charge in [-0.15, -0.1) is 0 Å². The minimum Gasteiger partial charge on any atom is -0.508 e. The zero-order valence-electron chi connectivity index (χ0n) is 6.96. The van der Waals surface area contributed by atoms with Crippen LogP contribution in [-0.2, 0) is 0 Å². The van der Waals surface area contributed by atoms with Crippen molar-refractivity contribution in [2.24, 2.45) is 0 Å². The molecule has 1 aromatic rings. The van der Waals surface area contributed by atoms with Crippen LogP contribution in [0.5, 0.6) is 5.75 Å². The second-order valence-electron chi connectivity index (χ2n) is 2.26. The second-order valence-corrected chi connectivity index (χ2v) is 2.64. The van der Waals surface area contributed by atoms with Crippen molar-refractivity contribution < 1.29 is 5.11 Å². The Morgan fingerprint density at radius 3 is 1.93 bits per heavy atom. The maximum atomic E-state index is 9.06. The van der Waals surface area contributed by atoms with Gasteiger partial charge in [-0.2, -0.15) is 0 Å². The van der Waals surface area contributed by atoms with E-state index in [4.69, 9.17) is 28.3 Å². The molecule has 0 aliphatic heterocycles. The maximum absolute atomic E-state index is 9.06. The van der Waals surface area contributed by atoms with E-state index in [-0.39, 0.29) is 5.75 Å². The topological polar surface area (TPSA) is 23.5 Å². The van der Waals surface area contributed by atoms with Crippen LogP contribution in [-0.4, -0.2) is 5.11 Å². The van der Waals surface area contributed by atoms with Crippen LogP contribution < -0.4 is 4.90 Å². The highest BCUT2D eigenvalue weighted by Crippen LogP contribution is 2.17. The average molecular weight is 226 g/mol. The Hall–Kier alpha value is -1.48. The van der Waals surface area contributed by atoms with Gasteiger partial charge in [-0.25, -0.2) is 4.90 Å². The van der Waals surface area contributed by atoms with Gasteiger partial charge in [0.1, 0.15) is 5.75 Å². The predicted molar refractivity (Wildman–Crippen MR) is 57.8 cm³/mol. The number of hydrogen-bond donors (Lipinski definition) is 1. The smallest absolute Gasteiger partial charge is 0.115 e.